The van der Waals surface area contributed by atoms with Crippen LogP contribution < -0.4 is 9.05 Å². The number of carboxylic acids is 2. The van der Waals surface area contributed by atoms with Gasteiger partial charge in [-0.15, -0.1) is 4.89 Å². The van der Waals surface area contributed by atoms with Gasteiger partial charge in [0.15, 0.2) is 0 Å². The molecule has 15 heteroatoms. The molecule has 2 atom stereocenters. The summed E-state index contributed by atoms with van der Waals surface area (Å²) in [6.07, 6.45) is 3.02. The van der Waals surface area contributed by atoms with Crippen molar-refractivity contribution in [3.8, 4) is 11.5 Å². The van der Waals surface area contributed by atoms with Crippen LogP contribution in [0.3, 0.4) is 0 Å². The molecule has 0 spiro atoms. The minimum atomic E-state index is -3.76. The Bertz CT molecular complexity index is 1060. The number of phosphoric ester groups is 1. The van der Waals surface area contributed by atoms with Crippen molar-refractivity contribution in [2.75, 3.05) is 13.2 Å². The molecule has 0 aliphatic rings. The number of carboxylic acid groups (broad SMARTS) is 2. The van der Waals surface area contributed by atoms with Crippen molar-refractivity contribution in [2.45, 2.75) is 73.5 Å². The van der Waals surface area contributed by atoms with Gasteiger partial charge in [-0.05, 0) is 36.6 Å². The van der Waals surface area contributed by atoms with E-state index in [1.54, 1.807) is 24.3 Å². The fraction of sp³-hybridized carbons (Fsp3) is 0.467. The van der Waals surface area contributed by atoms with E-state index in [1.807, 2.05) is 36.4 Å². The molecular formula is C30H45O14P. The highest BCUT2D eigenvalue weighted by Crippen LogP contribution is 2.50. The summed E-state index contributed by atoms with van der Waals surface area (Å²) < 4.78 is 34.5. The fourth-order valence-corrected chi connectivity index (χ4v) is 4.08. The van der Waals surface area contributed by atoms with E-state index in [2.05, 4.69) is 28.4 Å². The molecule has 0 aromatic heterocycles. The maximum atomic E-state index is 13.2. The second kappa shape index (κ2) is 26.4. The Labute approximate surface area is 263 Å². The normalized spacial score (nSPS) is 11.3. The first-order valence-corrected chi connectivity index (χ1v) is 15.4. The number of phosphoric acid groups is 1. The Morgan fingerprint density at radius 2 is 1.22 bits per heavy atom. The van der Waals surface area contributed by atoms with Crippen molar-refractivity contribution in [1.82, 2.24) is 0 Å². The zero-order valence-corrected chi connectivity index (χ0v) is 27.3. The number of rotatable bonds is 15. The fourth-order valence-electron chi connectivity index (χ4n) is 2.78. The second-order valence-electron chi connectivity index (χ2n) is 8.90. The maximum Gasteiger partial charge on any atom is 0.587 e. The number of carbonyl (C=O) groups is 4. The predicted molar refractivity (Wildman–Crippen MR) is 163 cm³/mol. The highest BCUT2D eigenvalue weighted by Gasteiger charge is 2.31. The minimum absolute atomic E-state index is 0.340. The largest absolute Gasteiger partial charge is 0.587 e. The van der Waals surface area contributed by atoms with Crippen molar-refractivity contribution in [1.29, 1.82) is 0 Å². The number of esters is 1. The molecule has 0 heterocycles. The Morgan fingerprint density at radius 3 is 1.56 bits per heavy atom. The molecule has 2 rings (SSSR count). The summed E-state index contributed by atoms with van der Waals surface area (Å²) in [6.45, 7) is 8.47. The number of aliphatic carboxylic acids is 2. The van der Waals surface area contributed by atoms with Crippen molar-refractivity contribution in [3.63, 3.8) is 0 Å². The molecule has 0 bridgehead atoms. The van der Waals surface area contributed by atoms with Crippen molar-refractivity contribution < 1.29 is 67.1 Å². The third-order valence-electron chi connectivity index (χ3n) is 4.65. The molecule has 0 radical (unpaired) electrons. The zero-order valence-electron chi connectivity index (χ0n) is 26.5. The molecule has 0 amide bonds. The first-order valence-electron chi connectivity index (χ1n) is 13.9. The van der Waals surface area contributed by atoms with Gasteiger partial charge >= 0.3 is 19.8 Å². The Kier molecular flexibility index (Phi) is 25.4. The van der Waals surface area contributed by atoms with E-state index < -0.39 is 44.6 Å². The smallest absolute Gasteiger partial charge is 0.481 e. The van der Waals surface area contributed by atoms with Crippen molar-refractivity contribution in [2.24, 2.45) is 5.92 Å². The van der Waals surface area contributed by atoms with Crippen molar-refractivity contribution >= 4 is 31.7 Å². The molecule has 14 nitrogen and oxygen atoms in total. The van der Waals surface area contributed by atoms with Crippen LogP contribution in [0.1, 0.15) is 67.2 Å². The molecule has 2 unspecified atom stereocenters. The quantitative estimate of drug-likeness (QED) is 0.0657. The molecule has 0 aliphatic heterocycles. The van der Waals surface area contributed by atoms with E-state index in [4.69, 9.17) is 38.5 Å². The van der Waals surface area contributed by atoms with E-state index in [-0.39, 0.29) is 0 Å². The Balaban J connectivity index is 0. The van der Waals surface area contributed by atoms with Gasteiger partial charge < -0.3 is 29.1 Å². The van der Waals surface area contributed by atoms with Gasteiger partial charge in [0.25, 0.3) is 18.2 Å². The summed E-state index contributed by atoms with van der Waals surface area (Å²) in [4.78, 5) is 46.7. The number of hydrogen-bond acceptors (Lipinski definition) is 12. The highest BCUT2D eigenvalue weighted by molar-refractivity contribution is 7.49. The summed E-state index contributed by atoms with van der Waals surface area (Å²) in [6, 6.07) is 17.9. The second-order valence-corrected chi connectivity index (χ2v) is 10.4. The number of benzene rings is 2. The van der Waals surface area contributed by atoms with Gasteiger partial charge in [0.2, 0.25) is 0 Å². The molecule has 0 aliphatic carbocycles. The van der Waals surface area contributed by atoms with Crippen LogP contribution in [0.15, 0.2) is 60.7 Å². The van der Waals surface area contributed by atoms with Gasteiger partial charge in [-0.2, -0.15) is 0 Å². The summed E-state index contributed by atoms with van der Waals surface area (Å²) in [5, 5.41) is 23.3. The SMILES string of the molecule is CC(=O)O.CC(=O)O.CC(=O)OOC(CO)OC(C)=O.CCCCC(CC)COP(=O)(Oc1ccccc1)Oc1ccccc1. The van der Waals surface area contributed by atoms with E-state index in [0.29, 0.717) is 24.0 Å². The summed E-state index contributed by atoms with van der Waals surface area (Å²) in [5.41, 5.74) is 0. The van der Waals surface area contributed by atoms with E-state index >= 15 is 0 Å². The number of aliphatic hydroxyl groups excluding tert-OH is 1. The topological polar surface area (TPSA) is 201 Å². The third-order valence-corrected chi connectivity index (χ3v) is 5.99. The molecule has 0 fully saturated rings. The Morgan fingerprint density at radius 1 is 0.778 bits per heavy atom. The van der Waals surface area contributed by atoms with Crippen molar-refractivity contribution in [3.05, 3.63) is 60.7 Å². The number of para-hydroxylation sites is 2. The van der Waals surface area contributed by atoms with E-state index in [1.165, 1.54) is 0 Å². The minimum Gasteiger partial charge on any atom is -0.481 e. The molecular weight excluding hydrogens is 615 g/mol. The van der Waals surface area contributed by atoms with Crippen LogP contribution in [0.4, 0.5) is 0 Å². The molecule has 2 aromatic carbocycles. The van der Waals surface area contributed by atoms with Gasteiger partial charge in [-0.25, -0.2) is 9.36 Å². The van der Waals surface area contributed by atoms with Crippen LogP contribution in [-0.4, -0.2) is 58.7 Å². The number of ether oxygens (including phenoxy) is 1. The van der Waals surface area contributed by atoms with Gasteiger partial charge in [0.1, 0.15) is 18.1 Å². The lowest BCUT2D eigenvalue weighted by atomic mass is 10.0. The zero-order chi connectivity index (χ0) is 34.7. The lowest BCUT2D eigenvalue weighted by Gasteiger charge is -2.21. The first-order chi connectivity index (χ1) is 21.2. The van der Waals surface area contributed by atoms with Gasteiger partial charge in [-0.1, -0.05) is 69.5 Å². The van der Waals surface area contributed by atoms with Crippen LogP contribution >= 0.6 is 7.82 Å². The van der Waals surface area contributed by atoms with Crippen LogP contribution in [0, 0.1) is 5.92 Å². The lowest BCUT2D eigenvalue weighted by Crippen LogP contribution is -2.24. The van der Waals surface area contributed by atoms with Crippen LogP contribution in [-0.2, 0) is 42.8 Å². The van der Waals surface area contributed by atoms with Crippen LogP contribution in [0.5, 0.6) is 11.5 Å². The standard InChI is InChI=1S/C20H27O4P.C6H10O6.2C2H4O2/c1-3-5-12-18(4-2)17-22-25(21,23-19-13-8-6-9-14-19)24-20-15-10-7-11-16-20;1-4(8)10-6(3-7)12-11-5(2)9;2*1-2(3)4/h6-11,13-16,18H,3-5,12,17H2,1-2H3;6-7H,3H2,1-2H3;2*1H3,(H,3,4). The van der Waals surface area contributed by atoms with Gasteiger partial charge in [-0.3, -0.25) is 23.8 Å². The Hall–Kier alpha value is -3.97. The molecule has 2 aromatic rings. The molecule has 3 N–H and O–H groups in total. The van der Waals surface area contributed by atoms with Crippen LogP contribution in [0.2, 0.25) is 0 Å². The maximum absolute atomic E-state index is 13.2. The lowest BCUT2D eigenvalue weighted by molar-refractivity contribution is -0.348. The van der Waals surface area contributed by atoms with Gasteiger partial charge in [0, 0.05) is 27.7 Å². The summed E-state index contributed by atoms with van der Waals surface area (Å²) in [7, 11) is -3.76. The highest BCUT2D eigenvalue weighted by atomic mass is 31.2. The first kappa shape index (κ1) is 43.2. The average Bonchev–Trinajstić information content (AvgIpc) is 2.96. The molecule has 45 heavy (non-hydrogen) atoms. The van der Waals surface area contributed by atoms with E-state index in [0.717, 1.165) is 53.4 Å². The molecule has 0 saturated carbocycles. The summed E-state index contributed by atoms with van der Waals surface area (Å²) in [5.74, 6) is -1.74. The summed E-state index contributed by atoms with van der Waals surface area (Å²) >= 11 is 0. The molecule has 254 valence electrons. The molecule has 0 saturated heterocycles. The number of unbranched alkanes of at least 4 members (excludes halogenated alkanes) is 1. The number of carbonyl (C=O) groups excluding carboxylic acids is 2. The van der Waals surface area contributed by atoms with E-state index in [9.17, 15) is 14.2 Å². The predicted octanol–water partition coefficient (Wildman–Crippen LogP) is 6.03. The average molecular weight is 661 g/mol. The number of aliphatic hydroxyl groups is 1. The third kappa shape index (κ3) is 28.6. The monoisotopic (exact) mass is 660 g/mol. The van der Waals surface area contributed by atoms with Crippen LogP contribution in [0.25, 0.3) is 0 Å². The van der Waals surface area contributed by atoms with Gasteiger partial charge in [0.05, 0.1) is 6.61 Å². The number of hydrogen-bond donors (Lipinski definition) is 3.